The van der Waals surface area contributed by atoms with E-state index < -0.39 is 106 Å². The number of hydrogen-bond donors (Lipinski definition) is 5. The van der Waals surface area contributed by atoms with Gasteiger partial charge in [-0.05, 0) is 24.5 Å². The van der Waals surface area contributed by atoms with Crippen molar-refractivity contribution < 1.29 is 68.4 Å². The standard InChI is InChI=1S/C36H56O8.C13H12O6/c1-7-8-9-10-11-12-13-14-15-16-17-18-29(39)43-32-24(3)35(42)27(30-33(5,6)36(30,32)44-25(4)38)20-26(22-37)21-34(41)28(35)19-23(2)31(34)40;14-9-10(15)12(16)19-11(9)8-6-17-13(18-8)7-4-2-1-3-5-7/h19-20,24,27-28,30,32,37,41-42H,7-18,21-22H2,1-6H3;1-5,8,11,13-15H,6H2/t24-,27+,28-,30-,32-,34-,35-,36-;8-,11+,13?/m10/s1. The number of aliphatic hydroxyl groups excluding tert-OH is 3. The Morgan fingerprint density at radius 2 is 1.52 bits per heavy atom. The van der Waals surface area contributed by atoms with Crippen LogP contribution in [0, 0.1) is 29.1 Å². The Bertz CT molecular complexity index is 1940. The van der Waals surface area contributed by atoms with Gasteiger partial charge in [0.1, 0.15) is 17.8 Å². The number of ketones is 1. The molecule has 14 heteroatoms. The molecule has 1 aromatic carbocycles. The summed E-state index contributed by atoms with van der Waals surface area (Å²) in [6, 6.07) is 9.28. The second-order valence-corrected chi connectivity index (χ2v) is 19.0. The predicted molar refractivity (Wildman–Crippen MR) is 229 cm³/mol. The van der Waals surface area contributed by atoms with Crippen LogP contribution in [0.2, 0.25) is 0 Å². The molecule has 11 atom stereocenters. The van der Waals surface area contributed by atoms with Crippen molar-refractivity contribution >= 4 is 23.7 Å². The fourth-order valence-electron chi connectivity index (χ4n) is 11.3. The minimum absolute atomic E-state index is 0.108. The molecule has 2 aliphatic heterocycles. The number of aliphatic hydroxyl groups is 5. The van der Waals surface area contributed by atoms with Gasteiger partial charge in [-0.3, -0.25) is 14.4 Å². The van der Waals surface area contributed by atoms with Crippen LogP contribution in [0.5, 0.6) is 0 Å². The van der Waals surface area contributed by atoms with Crippen molar-refractivity contribution in [3.8, 4) is 0 Å². The molecule has 1 aromatic rings. The van der Waals surface area contributed by atoms with E-state index in [-0.39, 0.29) is 26.1 Å². The molecule has 3 fully saturated rings. The molecule has 348 valence electrons. The summed E-state index contributed by atoms with van der Waals surface area (Å²) in [4.78, 5) is 50.3. The molecule has 0 aromatic heterocycles. The number of hydrogen-bond acceptors (Lipinski definition) is 14. The smallest absolute Gasteiger partial charge is 0.377 e. The van der Waals surface area contributed by atoms with Crippen LogP contribution in [-0.4, -0.2) is 97.6 Å². The van der Waals surface area contributed by atoms with Crippen molar-refractivity contribution in [2.45, 2.75) is 166 Å². The van der Waals surface area contributed by atoms with Crippen LogP contribution in [-0.2, 0) is 42.9 Å². The molecule has 2 saturated carbocycles. The normalized spacial score (nSPS) is 34.9. The highest BCUT2D eigenvalue weighted by atomic mass is 16.7. The molecular weight excluding hydrogens is 813 g/mol. The maximum atomic E-state index is 13.3. The minimum Gasteiger partial charge on any atom is -0.505 e. The van der Waals surface area contributed by atoms with E-state index >= 15 is 0 Å². The molecule has 2 heterocycles. The number of rotatable bonds is 17. The monoisotopic (exact) mass is 880 g/mol. The van der Waals surface area contributed by atoms with E-state index in [0.717, 1.165) is 24.8 Å². The lowest BCUT2D eigenvalue weighted by atomic mass is 9.59. The van der Waals surface area contributed by atoms with Crippen LogP contribution < -0.4 is 0 Å². The predicted octanol–water partition coefficient (Wildman–Crippen LogP) is 7.11. The summed E-state index contributed by atoms with van der Waals surface area (Å²) < 4.78 is 28.2. The van der Waals surface area contributed by atoms with E-state index in [0.29, 0.717) is 17.6 Å². The number of ether oxygens (including phenoxy) is 5. The first-order valence-electron chi connectivity index (χ1n) is 22.9. The average Bonchev–Trinajstić information content (AvgIpc) is 3.60. The Morgan fingerprint density at radius 3 is 2.10 bits per heavy atom. The Morgan fingerprint density at radius 1 is 0.905 bits per heavy atom. The zero-order valence-corrected chi connectivity index (χ0v) is 37.7. The van der Waals surface area contributed by atoms with Crippen molar-refractivity contribution in [2.75, 3.05) is 13.2 Å². The van der Waals surface area contributed by atoms with Gasteiger partial charge in [0.15, 0.2) is 29.5 Å². The summed E-state index contributed by atoms with van der Waals surface area (Å²) in [6.45, 7) is 10.6. The van der Waals surface area contributed by atoms with E-state index in [4.69, 9.17) is 23.7 Å². The summed E-state index contributed by atoms with van der Waals surface area (Å²) in [5.74, 6) is -6.52. The molecule has 6 aliphatic rings. The van der Waals surface area contributed by atoms with E-state index in [1.54, 1.807) is 26.0 Å². The Labute approximate surface area is 370 Å². The molecule has 1 unspecified atom stereocenters. The SMILES string of the molecule is CCCCCCCCCCCCCC(=O)O[C@@H]1[C@@H](C)[C@@]2(O)[C@@H](C=C(CO)C[C@]3(O)C(=O)C(C)=C[C@@H]23)[C@@H]2C(C)(C)[C@]12OC(C)=O.O=C1O[C@H]([C@@H]2COC(c3ccccc3)O2)C(O)=C1O. The number of benzene rings is 1. The molecule has 0 spiro atoms. The second-order valence-electron chi connectivity index (χ2n) is 19.0. The minimum atomic E-state index is -1.93. The lowest BCUT2D eigenvalue weighted by molar-refractivity contribution is -0.228. The molecule has 1 saturated heterocycles. The number of carbonyl (C=O) groups excluding carboxylic acids is 4. The van der Waals surface area contributed by atoms with Gasteiger partial charge in [0.2, 0.25) is 5.76 Å². The number of cyclic esters (lactones) is 1. The van der Waals surface area contributed by atoms with Crippen molar-refractivity contribution in [2.24, 2.45) is 29.1 Å². The highest BCUT2D eigenvalue weighted by Gasteiger charge is 2.87. The number of Topliss-reactive ketones (excluding diaryl/α,β-unsaturated/α-hetero) is 1. The highest BCUT2D eigenvalue weighted by molar-refractivity contribution is 6.04. The first-order valence-corrected chi connectivity index (χ1v) is 22.9. The van der Waals surface area contributed by atoms with Crippen LogP contribution in [0.1, 0.15) is 137 Å². The van der Waals surface area contributed by atoms with Crippen molar-refractivity contribution in [1.82, 2.24) is 0 Å². The molecule has 0 amide bonds. The third kappa shape index (κ3) is 9.12. The highest BCUT2D eigenvalue weighted by Crippen LogP contribution is 2.77. The van der Waals surface area contributed by atoms with Gasteiger partial charge in [-0.15, -0.1) is 0 Å². The molecule has 4 aliphatic carbocycles. The van der Waals surface area contributed by atoms with Gasteiger partial charge in [-0.2, -0.15) is 0 Å². The Balaban J connectivity index is 0.000000287. The molecule has 5 N–H and O–H groups in total. The van der Waals surface area contributed by atoms with E-state index in [1.807, 2.05) is 44.2 Å². The first-order chi connectivity index (χ1) is 29.9. The van der Waals surface area contributed by atoms with E-state index in [9.17, 15) is 44.7 Å². The van der Waals surface area contributed by atoms with Crippen LogP contribution in [0.4, 0.5) is 0 Å². The summed E-state index contributed by atoms with van der Waals surface area (Å²) in [6.07, 6.45) is 13.1. The third-order valence-corrected chi connectivity index (χ3v) is 14.6. The van der Waals surface area contributed by atoms with E-state index in [2.05, 4.69) is 6.92 Å². The second kappa shape index (κ2) is 19.6. The molecule has 0 radical (unpaired) electrons. The van der Waals surface area contributed by atoms with Crippen molar-refractivity contribution in [1.29, 1.82) is 0 Å². The number of fused-ring (bicyclic) bond motifs is 5. The van der Waals surface area contributed by atoms with Gasteiger partial charge in [0.05, 0.1) is 18.8 Å². The molecule has 7 rings (SSSR count). The zero-order chi connectivity index (χ0) is 45.9. The van der Waals surface area contributed by atoms with Crippen LogP contribution >= 0.6 is 0 Å². The Hall–Kier alpha value is -4.08. The largest absolute Gasteiger partial charge is 0.505 e. The third-order valence-electron chi connectivity index (χ3n) is 14.6. The van der Waals surface area contributed by atoms with Gasteiger partial charge in [0, 0.05) is 54.4 Å². The number of unbranched alkanes of at least 4 members (excludes halogenated alkanes) is 10. The van der Waals surface area contributed by atoms with Gasteiger partial charge in [-0.1, -0.05) is 134 Å². The van der Waals surface area contributed by atoms with Crippen molar-refractivity contribution in [3.05, 3.63) is 70.7 Å². The lowest BCUT2D eigenvalue weighted by Crippen LogP contribution is -2.66. The Kier molecular flexibility index (Phi) is 15.0. The lowest BCUT2D eigenvalue weighted by Gasteiger charge is -2.53. The average molecular weight is 881 g/mol. The zero-order valence-electron chi connectivity index (χ0n) is 37.7. The number of carbonyl (C=O) groups is 4. The van der Waals surface area contributed by atoms with Crippen molar-refractivity contribution in [3.63, 3.8) is 0 Å². The van der Waals surface area contributed by atoms with Gasteiger partial charge in [0.25, 0.3) is 0 Å². The summed E-state index contributed by atoms with van der Waals surface area (Å²) in [5.41, 5.74) is -3.87. The van der Waals surface area contributed by atoms with Gasteiger partial charge in [-0.25, -0.2) is 4.79 Å². The van der Waals surface area contributed by atoms with Gasteiger partial charge < -0.3 is 49.2 Å². The molecular formula is C49H68O14. The summed E-state index contributed by atoms with van der Waals surface area (Å²) in [5, 5.41) is 53.6. The van der Waals surface area contributed by atoms with Crippen LogP contribution in [0.15, 0.2) is 65.1 Å². The molecule has 63 heavy (non-hydrogen) atoms. The molecule has 14 nitrogen and oxygen atoms in total. The number of esters is 3. The maximum absolute atomic E-state index is 13.3. The quantitative estimate of drug-likeness (QED) is 0.0457. The maximum Gasteiger partial charge on any atom is 0.377 e. The van der Waals surface area contributed by atoms with Gasteiger partial charge >= 0.3 is 17.9 Å². The summed E-state index contributed by atoms with van der Waals surface area (Å²) in [7, 11) is 0. The first kappa shape index (κ1) is 48.4. The topological polar surface area (TPSA) is 216 Å². The van der Waals surface area contributed by atoms with Crippen LogP contribution in [0.3, 0.4) is 0 Å². The fourth-order valence-corrected chi connectivity index (χ4v) is 11.3. The summed E-state index contributed by atoms with van der Waals surface area (Å²) >= 11 is 0. The van der Waals surface area contributed by atoms with Crippen LogP contribution in [0.25, 0.3) is 0 Å². The van der Waals surface area contributed by atoms with E-state index in [1.165, 1.54) is 51.9 Å². The molecule has 0 bridgehead atoms. The fraction of sp³-hybridized carbons (Fsp3) is 0.673.